The van der Waals surface area contributed by atoms with Gasteiger partial charge in [0.1, 0.15) is 17.2 Å². The number of carbonyl (C=O) groups is 1. The lowest BCUT2D eigenvalue weighted by molar-refractivity contribution is 0.0524. The number of aromatic nitrogens is 3. The zero-order chi connectivity index (χ0) is 28.1. The monoisotopic (exact) mass is 580 g/mol. The third kappa shape index (κ3) is 4.90. The van der Waals surface area contributed by atoms with Gasteiger partial charge >= 0.3 is 5.97 Å². The highest BCUT2D eigenvalue weighted by Crippen LogP contribution is 2.45. The number of nitrogens with two attached hydrogens (primary N) is 2. The van der Waals surface area contributed by atoms with Gasteiger partial charge in [-0.3, -0.25) is 4.79 Å². The highest BCUT2D eigenvalue weighted by Gasteiger charge is 2.31. The molecule has 3 heterocycles. The largest absolute Gasteiger partial charge is 0.494 e. The fraction of sp³-hybridized carbons (Fsp3) is 0.310. The molecule has 10 nitrogen and oxygen atoms in total. The zero-order valence-electron chi connectivity index (χ0n) is 22.6. The number of methoxy groups -OCH3 is 1. The second-order valence-corrected chi connectivity index (χ2v) is 10.0. The second kappa shape index (κ2) is 10.9. The molecule has 2 aromatic heterocycles. The molecule has 0 spiro atoms. The average molecular weight is 581 g/mol. The summed E-state index contributed by atoms with van der Waals surface area (Å²) in [4.78, 5) is 36.1. The first-order chi connectivity index (χ1) is 19.3. The number of fused-ring (bicyclic) bond motifs is 2. The van der Waals surface area contributed by atoms with Crippen LogP contribution in [-0.2, 0) is 17.7 Å². The van der Waals surface area contributed by atoms with Gasteiger partial charge in [-0.25, -0.2) is 14.2 Å². The molecular weight excluding hydrogens is 551 g/mol. The van der Waals surface area contributed by atoms with E-state index >= 15 is 4.39 Å². The number of nitrogen functional groups attached to an aromatic ring is 2. The summed E-state index contributed by atoms with van der Waals surface area (Å²) in [5.74, 6) is -0.596. The lowest BCUT2D eigenvalue weighted by atomic mass is 9.97. The molecule has 41 heavy (non-hydrogen) atoms. The summed E-state index contributed by atoms with van der Waals surface area (Å²) >= 11 is 0. The van der Waals surface area contributed by atoms with Gasteiger partial charge < -0.3 is 30.4 Å². The van der Waals surface area contributed by atoms with Crippen molar-refractivity contribution in [1.29, 1.82) is 0 Å². The van der Waals surface area contributed by atoms with Crippen LogP contribution in [0, 0.1) is 5.82 Å². The molecule has 4 N–H and O–H groups in total. The molecule has 0 atom stereocenters. The number of halogens is 2. The third-order valence-corrected chi connectivity index (χ3v) is 7.50. The molecule has 2 aromatic carbocycles. The minimum atomic E-state index is -0.720. The van der Waals surface area contributed by atoms with Crippen molar-refractivity contribution in [2.24, 2.45) is 0 Å². The number of carbonyl (C=O) groups excluding carboxylic acids is 1. The fourth-order valence-corrected chi connectivity index (χ4v) is 5.47. The molecule has 0 amide bonds. The lowest BCUT2D eigenvalue weighted by Gasteiger charge is -2.21. The SMILES string of the molecule is CCOC(=O)c1cn(C2CC2)c2c(OC)c(-c3ccc4c(c3)CCN4Cc3cnc(N)nc3N)c(F)cc2c1=O.Cl. The van der Waals surface area contributed by atoms with E-state index in [4.69, 9.17) is 20.9 Å². The van der Waals surface area contributed by atoms with E-state index in [1.807, 2.05) is 22.8 Å². The molecule has 12 heteroatoms. The van der Waals surface area contributed by atoms with E-state index in [1.54, 1.807) is 13.1 Å². The summed E-state index contributed by atoms with van der Waals surface area (Å²) in [6.07, 6.45) is 5.68. The van der Waals surface area contributed by atoms with Crippen LogP contribution < -0.4 is 26.5 Å². The summed E-state index contributed by atoms with van der Waals surface area (Å²) in [5.41, 5.74) is 15.2. The van der Waals surface area contributed by atoms with Crippen LogP contribution in [0.15, 0.2) is 41.5 Å². The van der Waals surface area contributed by atoms with Gasteiger partial charge in [-0.2, -0.15) is 4.98 Å². The first-order valence-corrected chi connectivity index (χ1v) is 13.2. The third-order valence-electron chi connectivity index (χ3n) is 7.50. The smallest absolute Gasteiger partial charge is 0.343 e. The van der Waals surface area contributed by atoms with Crippen LogP contribution >= 0.6 is 12.4 Å². The summed E-state index contributed by atoms with van der Waals surface area (Å²) in [6.45, 7) is 3.07. The minimum absolute atomic E-state index is 0. The van der Waals surface area contributed by atoms with Crippen molar-refractivity contribution < 1.29 is 18.7 Å². The molecule has 1 fully saturated rings. The van der Waals surface area contributed by atoms with Gasteiger partial charge in [0.2, 0.25) is 11.4 Å². The van der Waals surface area contributed by atoms with Crippen molar-refractivity contribution in [3.8, 4) is 16.9 Å². The van der Waals surface area contributed by atoms with E-state index in [1.165, 1.54) is 19.4 Å². The van der Waals surface area contributed by atoms with Crippen LogP contribution in [0.1, 0.15) is 47.3 Å². The molecule has 1 aliphatic carbocycles. The van der Waals surface area contributed by atoms with Crippen LogP contribution in [-0.4, -0.2) is 40.8 Å². The Bertz CT molecular complexity index is 1740. The standard InChI is InChI=1S/C29H29FN6O4.ClH/c1-3-40-28(38)20-14-36(18-5-6-18)24-19(25(20)37)11-21(30)23(26(24)39-2)16-4-7-22-15(10-16)8-9-35(22)13-17-12-33-29(32)34-27(17)31;/h4,7,10-12,14,18H,3,5-6,8-9,13H2,1-2H3,(H4,31,32,33,34);1H. The quantitative estimate of drug-likeness (QED) is 0.307. The van der Waals surface area contributed by atoms with Crippen molar-refractivity contribution >= 4 is 46.7 Å². The number of esters is 1. The van der Waals surface area contributed by atoms with Gasteiger partial charge in [0.05, 0.1) is 30.2 Å². The molecule has 1 saturated carbocycles. The Labute approximate surface area is 241 Å². The van der Waals surface area contributed by atoms with E-state index in [0.29, 0.717) is 23.4 Å². The molecule has 4 aromatic rings. The molecule has 0 bridgehead atoms. The van der Waals surface area contributed by atoms with Crippen LogP contribution in [0.25, 0.3) is 22.0 Å². The summed E-state index contributed by atoms with van der Waals surface area (Å²) < 4.78 is 28.6. The highest BCUT2D eigenvalue weighted by atomic mass is 35.5. The molecule has 0 radical (unpaired) electrons. The van der Waals surface area contributed by atoms with Crippen LogP contribution in [0.3, 0.4) is 0 Å². The first kappa shape index (κ1) is 28.2. The van der Waals surface area contributed by atoms with Gasteiger partial charge in [0, 0.05) is 42.8 Å². The van der Waals surface area contributed by atoms with Crippen molar-refractivity contribution in [2.75, 3.05) is 36.6 Å². The van der Waals surface area contributed by atoms with Gasteiger partial charge in [-0.15, -0.1) is 12.4 Å². The summed E-state index contributed by atoms with van der Waals surface area (Å²) in [6, 6.07) is 7.05. The van der Waals surface area contributed by atoms with Crippen molar-refractivity contribution in [3.05, 3.63) is 69.4 Å². The summed E-state index contributed by atoms with van der Waals surface area (Å²) in [5, 5.41) is 0.0891. The topological polar surface area (TPSA) is 139 Å². The normalized spacial score (nSPS) is 14.1. The number of hydrogen-bond acceptors (Lipinski definition) is 9. The number of hydrogen-bond donors (Lipinski definition) is 2. The molecule has 0 saturated heterocycles. The van der Waals surface area contributed by atoms with Gasteiger partial charge in [0.15, 0.2) is 5.75 Å². The van der Waals surface area contributed by atoms with Crippen LogP contribution in [0.4, 0.5) is 21.8 Å². The average Bonchev–Trinajstić information content (AvgIpc) is 3.70. The maximum atomic E-state index is 15.9. The van der Waals surface area contributed by atoms with E-state index in [9.17, 15) is 9.59 Å². The van der Waals surface area contributed by atoms with E-state index in [-0.39, 0.29) is 53.3 Å². The molecule has 214 valence electrons. The predicted molar refractivity (Wildman–Crippen MR) is 157 cm³/mol. The fourth-order valence-electron chi connectivity index (χ4n) is 5.47. The van der Waals surface area contributed by atoms with Gasteiger partial charge in [-0.05, 0) is 55.5 Å². The predicted octanol–water partition coefficient (Wildman–Crippen LogP) is 4.27. The van der Waals surface area contributed by atoms with Crippen molar-refractivity contribution in [2.45, 2.75) is 38.8 Å². The van der Waals surface area contributed by atoms with Crippen molar-refractivity contribution in [3.63, 3.8) is 0 Å². The van der Waals surface area contributed by atoms with Crippen LogP contribution in [0.2, 0.25) is 0 Å². The Morgan fingerprint density at radius 2 is 2.00 bits per heavy atom. The number of nitrogens with zero attached hydrogens (tertiary/aromatic N) is 4. The first-order valence-electron chi connectivity index (χ1n) is 13.2. The molecular formula is C29H30ClFN6O4. The lowest BCUT2D eigenvalue weighted by Crippen LogP contribution is -2.21. The summed E-state index contributed by atoms with van der Waals surface area (Å²) in [7, 11) is 1.47. The Kier molecular flexibility index (Phi) is 7.48. The maximum Gasteiger partial charge on any atom is 0.343 e. The van der Waals surface area contributed by atoms with E-state index in [2.05, 4.69) is 14.9 Å². The van der Waals surface area contributed by atoms with Crippen molar-refractivity contribution in [1.82, 2.24) is 14.5 Å². The second-order valence-electron chi connectivity index (χ2n) is 10.0. The van der Waals surface area contributed by atoms with Gasteiger partial charge in [0.25, 0.3) is 0 Å². The van der Waals surface area contributed by atoms with Crippen LogP contribution in [0.5, 0.6) is 5.75 Å². The Morgan fingerprint density at radius 3 is 2.68 bits per heavy atom. The Hall–Kier alpha value is -4.38. The Balaban J connectivity index is 0.00000337. The number of pyridine rings is 1. The molecule has 1 aliphatic heterocycles. The minimum Gasteiger partial charge on any atom is -0.494 e. The number of anilines is 3. The maximum absolute atomic E-state index is 15.9. The zero-order valence-corrected chi connectivity index (χ0v) is 23.5. The number of ether oxygens (including phenoxy) is 2. The van der Waals surface area contributed by atoms with Gasteiger partial charge in [-0.1, -0.05) is 6.07 Å². The Morgan fingerprint density at radius 1 is 1.22 bits per heavy atom. The number of benzene rings is 2. The molecule has 0 unspecified atom stereocenters. The highest BCUT2D eigenvalue weighted by molar-refractivity contribution is 5.98. The number of rotatable bonds is 7. The molecule has 6 rings (SSSR count). The molecule has 2 aliphatic rings. The van der Waals surface area contributed by atoms with E-state index in [0.717, 1.165) is 42.6 Å². The van der Waals surface area contributed by atoms with E-state index < -0.39 is 17.2 Å².